The summed E-state index contributed by atoms with van der Waals surface area (Å²) in [6.07, 6.45) is -8.59. The van der Waals surface area contributed by atoms with Gasteiger partial charge in [-0.15, -0.1) is 0 Å². The smallest absolute Gasteiger partial charge is 0.475 e. The van der Waals surface area contributed by atoms with E-state index in [0.29, 0.717) is 6.61 Å². The summed E-state index contributed by atoms with van der Waals surface area (Å²) in [7, 11) is 0. The molecular weight excluding hydrogens is 648 g/mol. The van der Waals surface area contributed by atoms with Gasteiger partial charge in [0.05, 0.1) is 12.2 Å². The van der Waals surface area contributed by atoms with Gasteiger partial charge in [0.15, 0.2) is 5.82 Å². The van der Waals surface area contributed by atoms with Gasteiger partial charge in [0, 0.05) is 51.1 Å². The Labute approximate surface area is 246 Å². The van der Waals surface area contributed by atoms with E-state index in [1.165, 1.54) is 11.6 Å². The number of carboxylic acids is 3. The Morgan fingerprint density at radius 2 is 1.33 bits per heavy atom. The molecule has 0 bridgehead atoms. The largest absolute Gasteiger partial charge is 0.490 e. The Bertz CT molecular complexity index is 1200. The fraction of sp³-hybridized carbons (Fsp3) is 0.458. The number of halogens is 10. The zero-order valence-electron chi connectivity index (χ0n) is 22.4. The lowest BCUT2D eigenvalue weighted by atomic mass is 9.84. The maximum atomic E-state index is 13.7. The summed E-state index contributed by atoms with van der Waals surface area (Å²) < 4.78 is 121. The molecule has 1 atom stereocenters. The van der Waals surface area contributed by atoms with E-state index in [9.17, 15) is 43.9 Å². The van der Waals surface area contributed by atoms with Crippen molar-refractivity contribution in [3.8, 4) is 5.88 Å². The molecule has 2 saturated heterocycles. The number of carbonyl (C=O) groups is 3. The van der Waals surface area contributed by atoms with Crippen molar-refractivity contribution in [2.75, 3.05) is 19.7 Å². The van der Waals surface area contributed by atoms with E-state index in [2.05, 4.69) is 14.9 Å². The van der Waals surface area contributed by atoms with Crippen molar-refractivity contribution in [3.63, 3.8) is 0 Å². The fourth-order valence-electron chi connectivity index (χ4n) is 3.55. The van der Waals surface area contributed by atoms with Gasteiger partial charge in [-0.05, 0) is 29.8 Å². The molecule has 45 heavy (non-hydrogen) atoms. The van der Waals surface area contributed by atoms with Crippen LogP contribution in [0.5, 0.6) is 5.88 Å². The van der Waals surface area contributed by atoms with E-state index in [4.69, 9.17) is 39.2 Å². The minimum atomic E-state index is -5.08. The van der Waals surface area contributed by atoms with Gasteiger partial charge in [0.1, 0.15) is 6.10 Å². The number of carboxylic acid groups (broad SMARTS) is 3. The summed E-state index contributed by atoms with van der Waals surface area (Å²) in [5.41, 5.74) is 1.08. The highest BCUT2D eigenvalue weighted by Crippen LogP contribution is 2.36. The molecular formula is C24H23F10N3O8. The van der Waals surface area contributed by atoms with Crippen LogP contribution >= 0.6 is 0 Å². The fourth-order valence-corrected chi connectivity index (χ4v) is 3.55. The summed E-state index contributed by atoms with van der Waals surface area (Å²) in [5, 5.41) is 21.4. The molecule has 2 fully saturated rings. The molecule has 1 unspecified atom stereocenters. The molecule has 0 amide bonds. The van der Waals surface area contributed by atoms with Crippen LogP contribution < -0.4 is 4.74 Å². The Hall–Kier alpha value is -4.27. The van der Waals surface area contributed by atoms with Crippen LogP contribution in [-0.4, -0.2) is 98.0 Å². The average molecular weight is 671 g/mol. The lowest BCUT2D eigenvalue weighted by Gasteiger charge is -2.53. The molecule has 2 aliphatic rings. The number of aromatic nitrogens is 2. The Balaban J connectivity index is 0.000000396. The predicted molar refractivity (Wildman–Crippen MR) is 127 cm³/mol. The van der Waals surface area contributed by atoms with E-state index >= 15 is 0 Å². The van der Waals surface area contributed by atoms with Crippen LogP contribution in [-0.2, 0) is 25.7 Å². The third kappa shape index (κ3) is 14.4. The van der Waals surface area contributed by atoms with Crippen LogP contribution in [0.1, 0.15) is 18.4 Å². The van der Waals surface area contributed by atoms with Crippen LogP contribution in [0.3, 0.4) is 0 Å². The average Bonchev–Trinajstić information content (AvgIpc) is 2.89. The zero-order chi connectivity index (χ0) is 34.6. The summed E-state index contributed by atoms with van der Waals surface area (Å²) in [5.74, 6) is -8.59. The van der Waals surface area contributed by atoms with Gasteiger partial charge in [-0.1, -0.05) is 0 Å². The van der Waals surface area contributed by atoms with Gasteiger partial charge in [-0.25, -0.2) is 23.8 Å². The summed E-state index contributed by atoms with van der Waals surface area (Å²) in [6, 6.07) is 7.00. The first-order chi connectivity index (χ1) is 20.6. The number of likely N-dealkylation sites (tertiary alicyclic amines) is 1. The Kier molecular flexibility index (Phi) is 13.9. The second kappa shape index (κ2) is 16.2. The predicted octanol–water partition coefficient (Wildman–Crippen LogP) is 4.33. The molecule has 0 saturated carbocycles. The SMILES string of the molecule is Fc1cccnc1OC1CCOC2(C1)CN(Cc1ccncc1)C2.O=C(O)C(F)(F)F.O=C(O)C(F)(F)F.O=C(O)C(F)(F)F. The van der Waals surface area contributed by atoms with Crippen LogP contribution in [0.2, 0.25) is 0 Å². The highest BCUT2D eigenvalue weighted by molar-refractivity contribution is 5.73. The molecule has 2 aromatic heterocycles. The topological polar surface area (TPSA) is 159 Å². The van der Waals surface area contributed by atoms with Crippen molar-refractivity contribution in [1.82, 2.24) is 14.9 Å². The maximum Gasteiger partial charge on any atom is 0.490 e. The van der Waals surface area contributed by atoms with Crippen molar-refractivity contribution >= 4 is 17.9 Å². The van der Waals surface area contributed by atoms with E-state index < -0.39 is 42.3 Å². The minimum absolute atomic E-state index is 0.0498. The molecule has 4 rings (SSSR count). The third-order valence-electron chi connectivity index (χ3n) is 5.36. The van der Waals surface area contributed by atoms with Crippen LogP contribution in [0.15, 0.2) is 42.9 Å². The van der Waals surface area contributed by atoms with Gasteiger partial charge in [-0.2, -0.15) is 39.5 Å². The van der Waals surface area contributed by atoms with Gasteiger partial charge < -0.3 is 24.8 Å². The van der Waals surface area contributed by atoms with E-state index in [0.717, 1.165) is 32.5 Å². The number of hydrogen-bond donors (Lipinski definition) is 3. The third-order valence-corrected chi connectivity index (χ3v) is 5.36. The number of nitrogens with zero attached hydrogens (tertiary/aromatic N) is 3. The molecule has 21 heteroatoms. The van der Waals surface area contributed by atoms with E-state index in [1.54, 1.807) is 12.3 Å². The molecule has 0 aliphatic carbocycles. The van der Waals surface area contributed by atoms with E-state index in [1.807, 2.05) is 24.5 Å². The van der Waals surface area contributed by atoms with Gasteiger partial charge in [-0.3, -0.25) is 9.88 Å². The highest BCUT2D eigenvalue weighted by Gasteiger charge is 2.48. The van der Waals surface area contributed by atoms with Crippen molar-refractivity contribution < 1.29 is 83.1 Å². The van der Waals surface area contributed by atoms with Gasteiger partial charge in [0.25, 0.3) is 5.88 Å². The lowest BCUT2D eigenvalue weighted by molar-refractivity contribution is -0.193. The Morgan fingerprint density at radius 1 is 0.867 bits per heavy atom. The lowest BCUT2D eigenvalue weighted by Crippen LogP contribution is -2.65. The first kappa shape index (κ1) is 38.8. The number of ether oxygens (including phenoxy) is 2. The minimum Gasteiger partial charge on any atom is -0.475 e. The van der Waals surface area contributed by atoms with Gasteiger partial charge >= 0.3 is 36.4 Å². The normalized spacial score (nSPS) is 17.5. The number of rotatable bonds is 4. The molecule has 2 aliphatic heterocycles. The van der Waals surface area contributed by atoms with Crippen molar-refractivity contribution in [2.45, 2.75) is 49.6 Å². The Morgan fingerprint density at radius 3 is 1.76 bits per heavy atom. The standard InChI is InChI=1S/C18H20FN3O2.3C2HF3O2/c19-16-2-1-6-21-17(16)24-15-5-9-23-18(10-15)12-22(13-18)11-14-3-7-20-8-4-14;3*3-2(4,5)1(6)7/h1-4,6-8,15H,5,9-13H2;3*(H,6,7). The second-order valence-corrected chi connectivity index (χ2v) is 8.96. The number of hydrogen-bond acceptors (Lipinski definition) is 8. The first-order valence-electron chi connectivity index (χ1n) is 12.0. The molecule has 4 heterocycles. The molecule has 11 nitrogen and oxygen atoms in total. The molecule has 0 aromatic carbocycles. The summed E-state index contributed by atoms with van der Waals surface area (Å²) >= 11 is 0. The van der Waals surface area contributed by atoms with Crippen LogP contribution in [0, 0.1) is 5.82 Å². The second-order valence-electron chi connectivity index (χ2n) is 8.96. The van der Waals surface area contributed by atoms with Crippen LogP contribution in [0.4, 0.5) is 43.9 Å². The molecule has 0 radical (unpaired) electrons. The summed E-state index contributed by atoms with van der Waals surface area (Å²) in [6.45, 7) is 3.29. The van der Waals surface area contributed by atoms with Crippen molar-refractivity contribution in [1.29, 1.82) is 0 Å². The molecule has 1 spiro atoms. The molecule has 2 aromatic rings. The zero-order valence-corrected chi connectivity index (χ0v) is 22.4. The number of aliphatic carboxylic acids is 3. The quantitative estimate of drug-likeness (QED) is 0.398. The number of pyridine rings is 2. The summed E-state index contributed by atoms with van der Waals surface area (Å²) in [4.78, 5) is 37.1. The van der Waals surface area contributed by atoms with E-state index in [-0.39, 0.29) is 17.6 Å². The monoisotopic (exact) mass is 671 g/mol. The van der Waals surface area contributed by atoms with Crippen LogP contribution in [0.25, 0.3) is 0 Å². The highest BCUT2D eigenvalue weighted by atomic mass is 19.4. The molecule has 252 valence electrons. The van der Waals surface area contributed by atoms with Crippen molar-refractivity contribution in [3.05, 3.63) is 54.2 Å². The molecule has 3 N–H and O–H groups in total. The first-order valence-corrected chi connectivity index (χ1v) is 12.0. The number of alkyl halides is 9. The van der Waals surface area contributed by atoms with Gasteiger partial charge in [0.2, 0.25) is 0 Å². The maximum absolute atomic E-state index is 13.7. The van der Waals surface area contributed by atoms with Crippen molar-refractivity contribution in [2.24, 2.45) is 0 Å².